The van der Waals surface area contributed by atoms with Gasteiger partial charge in [0.05, 0.1) is 12.9 Å². The van der Waals surface area contributed by atoms with Gasteiger partial charge in [-0.1, -0.05) is 29.8 Å². The van der Waals surface area contributed by atoms with Crippen LogP contribution >= 0.6 is 23.4 Å². The first-order chi connectivity index (χ1) is 14.4. The molecule has 0 atom stereocenters. The largest absolute Gasteiger partial charge is 0.497 e. The molecule has 3 aromatic rings. The van der Waals surface area contributed by atoms with E-state index in [0.717, 1.165) is 10.5 Å². The summed E-state index contributed by atoms with van der Waals surface area (Å²) < 4.78 is 5.16. The van der Waals surface area contributed by atoms with Crippen LogP contribution in [0.15, 0.2) is 71.6 Å². The van der Waals surface area contributed by atoms with E-state index in [2.05, 4.69) is 10.6 Å². The van der Waals surface area contributed by atoms with Crippen LogP contribution in [-0.4, -0.2) is 24.7 Å². The van der Waals surface area contributed by atoms with Crippen LogP contribution in [0.1, 0.15) is 15.9 Å². The summed E-state index contributed by atoms with van der Waals surface area (Å²) in [6.45, 7) is 1.91. The number of aryl methyl sites for hydroxylation is 1. The molecule has 0 fully saturated rings. The van der Waals surface area contributed by atoms with E-state index in [1.807, 2.05) is 37.3 Å². The lowest BCUT2D eigenvalue weighted by Gasteiger charge is -2.09. The number of rotatable bonds is 7. The van der Waals surface area contributed by atoms with E-state index < -0.39 is 0 Å². The van der Waals surface area contributed by atoms with Gasteiger partial charge in [0.2, 0.25) is 5.91 Å². The Labute approximate surface area is 184 Å². The standard InChI is InChI=1S/C23H21ClN2O3S/c1-15-9-10-18(13-21(15)24)25-22(27)14-30-20-8-4-6-17(12-20)26-23(28)16-5-3-7-19(11-16)29-2/h3-13H,14H2,1-2H3,(H,25,27)(H,26,28). The topological polar surface area (TPSA) is 67.4 Å². The predicted octanol–water partition coefficient (Wildman–Crippen LogP) is 5.64. The highest BCUT2D eigenvalue weighted by atomic mass is 35.5. The van der Waals surface area contributed by atoms with Crippen LogP contribution in [0.5, 0.6) is 5.75 Å². The number of ether oxygens (including phenoxy) is 1. The number of carbonyl (C=O) groups is 2. The van der Waals surface area contributed by atoms with Crippen molar-refractivity contribution in [3.8, 4) is 5.75 Å². The first-order valence-electron chi connectivity index (χ1n) is 9.19. The maximum absolute atomic E-state index is 12.5. The van der Waals surface area contributed by atoms with Gasteiger partial charge in [0, 0.05) is 26.9 Å². The van der Waals surface area contributed by atoms with Crippen LogP contribution < -0.4 is 15.4 Å². The molecule has 154 valence electrons. The summed E-state index contributed by atoms with van der Waals surface area (Å²) in [4.78, 5) is 25.6. The van der Waals surface area contributed by atoms with Gasteiger partial charge < -0.3 is 15.4 Å². The SMILES string of the molecule is COc1cccc(C(=O)Nc2cccc(SCC(=O)Nc3ccc(C)c(Cl)c3)c2)c1. The highest BCUT2D eigenvalue weighted by Crippen LogP contribution is 2.24. The number of hydrogen-bond donors (Lipinski definition) is 2. The van der Waals surface area contributed by atoms with E-state index in [0.29, 0.717) is 27.7 Å². The maximum Gasteiger partial charge on any atom is 0.255 e. The van der Waals surface area contributed by atoms with Gasteiger partial charge in [-0.3, -0.25) is 9.59 Å². The Balaban J connectivity index is 1.57. The predicted molar refractivity (Wildman–Crippen MR) is 123 cm³/mol. The zero-order chi connectivity index (χ0) is 21.5. The summed E-state index contributed by atoms with van der Waals surface area (Å²) in [6.07, 6.45) is 0. The molecule has 0 aliphatic heterocycles. The molecule has 30 heavy (non-hydrogen) atoms. The molecule has 0 spiro atoms. The fourth-order valence-corrected chi connectivity index (χ4v) is 3.58. The van der Waals surface area contributed by atoms with Crippen molar-refractivity contribution in [2.24, 2.45) is 0 Å². The number of thioether (sulfide) groups is 1. The van der Waals surface area contributed by atoms with Crippen LogP contribution in [0.25, 0.3) is 0 Å². The third-order valence-corrected chi connectivity index (χ3v) is 5.65. The van der Waals surface area contributed by atoms with Crippen molar-refractivity contribution in [2.45, 2.75) is 11.8 Å². The lowest BCUT2D eigenvalue weighted by molar-refractivity contribution is -0.113. The smallest absolute Gasteiger partial charge is 0.255 e. The number of nitrogens with one attached hydrogen (secondary N) is 2. The van der Waals surface area contributed by atoms with E-state index in [4.69, 9.17) is 16.3 Å². The average molecular weight is 441 g/mol. The quantitative estimate of drug-likeness (QED) is 0.466. The summed E-state index contributed by atoms with van der Waals surface area (Å²) in [7, 11) is 1.56. The Morgan fingerprint density at radius 1 is 0.967 bits per heavy atom. The van der Waals surface area contributed by atoms with Gasteiger partial charge in [0.25, 0.3) is 5.91 Å². The first kappa shape index (κ1) is 21.7. The third-order valence-electron chi connectivity index (χ3n) is 4.25. The lowest BCUT2D eigenvalue weighted by Crippen LogP contribution is -2.14. The molecule has 0 aromatic heterocycles. The third kappa shape index (κ3) is 6.02. The summed E-state index contributed by atoms with van der Waals surface area (Å²) in [5.74, 6) is 0.488. The number of benzene rings is 3. The van der Waals surface area contributed by atoms with E-state index in [-0.39, 0.29) is 17.6 Å². The van der Waals surface area contributed by atoms with Crippen molar-refractivity contribution < 1.29 is 14.3 Å². The van der Waals surface area contributed by atoms with Gasteiger partial charge in [-0.15, -0.1) is 11.8 Å². The van der Waals surface area contributed by atoms with Gasteiger partial charge >= 0.3 is 0 Å². The molecule has 0 aliphatic carbocycles. The minimum absolute atomic E-state index is 0.134. The van der Waals surface area contributed by atoms with Gasteiger partial charge in [-0.25, -0.2) is 0 Å². The zero-order valence-corrected chi connectivity index (χ0v) is 18.1. The van der Waals surface area contributed by atoms with Crippen molar-refractivity contribution in [2.75, 3.05) is 23.5 Å². The molecule has 0 aliphatic rings. The van der Waals surface area contributed by atoms with Crippen LogP contribution in [0.2, 0.25) is 5.02 Å². The Morgan fingerprint density at radius 3 is 2.50 bits per heavy atom. The van der Waals surface area contributed by atoms with Crippen molar-refractivity contribution in [1.29, 1.82) is 0 Å². The molecule has 0 saturated carbocycles. The van der Waals surface area contributed by atoms with Crippen LogP contribution in [-0.2, 0) is 4.79 Å². The van der Waals surface area contributed by atoms with Crippen LogP contribution in [0.3, 0.4) is 0 Å². The molecular weight excluding hydrogens is 420 g/mol. The second kappa shape index (κ2) is 10.2. The number of hydrogen-bond acceptors (Lipinski definition) is 4. The number of methoxy groups -OCH3 is 1. The monoisotopic (exact) mass is 440 g/mol. The number of halogens is 1. The lowest BCUT2D eigenvalue weighted by atomic mass is 10.2. The van der Waals surface area contributed by atoms with Gasteiger partial charge in [-0.05, 0) is 61.0 Å². The molecule has 2 N–H and O–H groups in total. The average Bonchev–Trinajstić information content (AvgIpc) is 2.75. The van der Waals surface area contributed by atoms with Crippen molar-refractivity contribution in [3.63, 3.8) is 0 Å². The van der Waals surface area contributed by atoms with Crippen LogP contribution in [0, 0.1) is 6.92 Å². The summed E-state index contributed by atoms with van der Waals surface area (Å²) in [5, 5.41) is 6.31. The van der Waals surface area contributed by atoms with Crippen LogP contribution in [0.4, 0.5) is 11.4 Å². The summed E-state index contributed by atoms with van der Waals surface area (Å²) >= 11 is 7.47. The molecule has 0 saturated heterocycles. The highest BCUT2D eigenvalue weighted by Gasteiger charge is 2.09. The van der Waals surface area contributed by atoms with E-state index in [9.17, 15) is 9.59 Å². The number of amides is 2. The molecule has 3 rings (SSSR count). The maximum atomic E-state index is 12.5. The minimum Gasteiger partial charge on any atom is -0.497 e. The van der Waals surface area contributed by atoms with Crippen molar-refractivity contribution in [3.05, 3.63) is 82.9 Å². The highest BCUT2D eigenvalue weighted by molar-refractivity contribution is 8.00. The fourth-order valence-electron chi connectivity index (χ4n) is 2.65. The second-order valence-corrected chi connectivity index (χ2v) is 7.97. The fraction of sp³-hybridized carbons (Fsp3) is 0.130. The van der Waals surface area contributed by atoms with E-state index in [1.165, 1.54) is 11.8 Å². The molecule has 3 aromatic carbocycles. The molecule has 7 heteroatoms. The van der Waals surface area contributed by atoms with E-state index >= 15 is 0 Å². The normalized spacial score (nSPS) is 10.4. The van der Waals surface area contributed by atoms with Gasteiger partial charge in [-0.2, -0.15) is 0 Å². The van der Waals surface area contributed by atoms with E-state index in [1.54, 1.807) is 43.5 Å². The van der Waals surface area contributed by atoms with Gasteiger partial charge in [0.15, 0.2) is 0 Å². The zero-order valence-electron chi connectivity index (χ0n) is 16.6. The molecule has 0 heterocycles. The Bertz CT molecular complexity index is 1070. The minimum atomic E-state index is -0.231. The van der Waals surface area contributed by atoms with Gasteiger partial charge in [0.1, 0.15) is 5.75 Å². The first-order valence-corrected chi connectivity index (χ1v) is 10.6. The molecule has 2 amide bonds. The Hall–Kier alpha value is -2.96. The Kier molecular flexibility index (Phi) is 7.38. The van der Waals surface area contributed by atoms with Crippen molar-refractivity contribution in [1.82, 2.24) is 0 Å². The van der Waals surface area contributed by atoms with Crippen molar-refractivity contribution >= 4 is 46.6 Å². The molecular formula is C23H21ClN2O3S. The molecule has 5 nitrogen and oxygen atoms in total. The summed E-state index contributed by atoms with van der Waals surface area (Å²) in [6, 6.07) is 19.7. The summed E-state index contributed by atoms with van der Waals surface area (Å²) in [5.41, 5.74) is 2.77. The Morgan fingerprint density at radius 2 is 1.73 bits per heavy atom. The molecule has 0 unspecified atom stereocenters. The number of anilines is 2. The molecule has 0 bridgehead atoms. The second-order valence-electron chi connectivity index (χ2n) is 6.51. The number of carbonyl (C=O) groups excluding carboxylic acids is 2. The molecule has 0 radical (unpaired) electrons.